The van der Waals surface area contributed by atoms with Crippen LogP contribution in [0.25, 0.3) is 0 Å². The van der Waals surface area contributed by atoms with Gasteiger partial charge in [0.1, 0.15) is 0 Å². The smallest absolute Gasteiger partial charge is 0.234 e. The van der Waals surface area contributed by atoms with Gasteiger partial charge in [-0.1, -0.05) is 11.6 Å². The van der Waals surface area contributed by atoms with E-state index in [9.17, 15) is 4.79 Å². The van der Waals surface area contributed by atoms with Gasteiger partial charge in [0.25, 0.3) is 0 Å². The van der Waals surface area contributed by atoms with Crippen LogP contribution >= 0.6 is 11.6 Å². The summed E-state index contributed by atoms with van der Waals surface area (Å²) in [6.45, 7) is 1.47. The van der Waals surface area contributed by atoms with E-state index in [2.05, 4.69) is 10.2 Å². The lowest BCUT2D eigenvalue weighted by molar-refractivity contribution is -0.127. The van der Waals surface area contributed by atoms with Gasteiger partial charge in [-0.05, 0) is 18.6 Å². The average Bonchev–Trinajstić information content (AvgIpc) is 2.14. The Kier molecular flexibility index (Phi) is 2.83. The highest BCUT2D eigenvalue weighted by atomic mass is 35.5. The maximum Gasteiger partial charge on any atom is 0.234 e. The molecule has 6 heteroatoms. The molecule has 2 rings (SSSR count). The summed E-state index contributed by atoms with van der Waals surface area (Å²) in [5.74, 6) is -0.275. The van der Waals surface area contributed by atoms with Gasteiger partial charge in [0.15, 0.2) is 5.15 Å². The lowest BCUT2D eigenvalue weighted by atomic mass is 10.0. The third-order valence-electron chi connectivity index (χ3n) is 2.51. The molecule has 1 saturated heterocycles. The second-order valence-electron chi connectivity index (χ2n) is 3.52. The lowest BCUT2D eigenvalue weighted by Gasteiger charge is -2.38. The summed E-state index contributed by atoms with van der Waals surface area (Å²) < 4.78 is 0. The summed E-state index contributed by atoms with van der Waals surface area (Å²) in [6.07, 6.45) is 0.830. The molecular formula is C9H11ClN4O. The molecule has 0 bridgehead atoms. The van der Waals surface area contributed by atoms with E-state index in [0.29, 0.717) is 11.7 Å². The maximum atomic E-state index is 11.0. The van der Waals surface area contributed by atoms with Crippen LogP contribution in [0.2, 0.25) is 5.15 Å². The number of hydrogen-bond acceptors (Lipinski definition) is 4. The van der Waals surface area contributed by atoms with Crippen molar-refractivity contribution >= 4 is 17.5 Å². The molecule has 2 heterocycles. The number of rotatable bonds is 3. The van der Waals surface area contributed by atoms with Gasteiger partial charge in [-0.3, -0.25) is 9.69 Å². The zero-order chi connectivity index (χ0) is 10.8. The number of primary amides is 1. The zero-order valence-electron chi connectivity index (χ0n) is 8.06. The Labute approximate surface area is 92.2 Å². The Bertz CT molecular complexity index is 367. The molecule has 1 amide bonds. The van der Waals surface area contributed by atoms with Crippen LogP contribution in [-0.2, 0) is 11.3 Å². The Morgan fingerprint density at radius 1 is 1.60 bits per heavy atom. The first-order valence-electron chi connectivity index (χ1n) is 4.68. The van der Waals surface area contributed by atoms with Crippen LogP contribution in [0.1, 0.15) is 12.1 Å². The van der Waals surface area contributed by atoms with Crippen LogP contribution in [0.15, 0.2) is 12.1 Å². The van der Waals surface area contributed by atoms with Crippen molar-refractivity contribution in [3.05, 3.63) is 23.0 Å². The van der Waals surface area contributed by atoms with Crippen LogP contribution in [0.5, 0.6) is 0 Å². The monoisotopic (exact) mass is 226 g/mol. The van der Waals surface area contributed by atoms with Crippen molar-refractivity contribution < 1.29 is 4.79 Å². The molecule has 1 fully saturated rings. The first-order chi connectivity index (χ1) is 7.16. The molecule has 0 aromatic carbocycles. The van der Waals surface area contributed by atoms with Gasteiger partial charge >= 0.3 is 0 Å². The second-order valence-corrected chi connectivity index (χ2v) is 3.91. The summed E-state index contributed by atoms with van der Waals surface area (Å²) in [4.78, 5) is 12.9. The third-order valence-corrected chi connectivity index (χ3v) is 2.71. The number of likely N-dealkylation sites (tertiary alicyclic amines) is 1. The summed E-state index contributed by atoms with van der Waals surface area (Å²) in [5, 5.41) is 8.02. The van der Waals surface area contributed by atoms with Crippen LogP contribution in [0.4, 0.5) is 0 Å². The fourth-order valence-corrected chi connectivity index (χ4v) is 1.69. The normalized spacial score (nSPS) is 21.0. The summed E-state index contributed by atoms with van der Waals surface area (Å²) in [6, 6.07) is 3.33. The summed E-state index contributed by atoms with van der Waals surface area (Å²) >= 11 is 5.61. The number of nitrogens with two attached hydrogens (primary N) is 1. The Morgan fingerprint density at radius 3 is 2.87 bits per heavy atom. The topological polar surface area (TPSA) is 72.1 Å². The summed E-state index contributed by atoms with van der Waals surface area (Å²) in [5.41, 5.74) is 6.02. The number of carbonyl (C=O) groups excluding carboxylic acids is 1. The first kappa shape index (κ1) is 10.3. The molecule has 0 saturated carbocycles. The van der Waals surface area contributed by atoms with E-state index in [-0.39, 0.29) is 11.9 Å². The molecule has 1 unspecified atom stereocenters. The molecule has 1 atom stereocenters. The van der Waals surface area contributed by atoms with E-state index in [1.807, 2.05) is 4.90 Å². The molecule has 1 aliphatic rings. The highest BCUT2D eigenvalue weighted by Crippen LogP contribution is 2.19. The van der Waals surface area contributed by atoms with Crippen molar-refractivity contribution in [2.24, 2.45) is 5.73 Å². The highest BCUT2D eigenvalue weighted by Gasteiger charge is 2.32. The van der Waals surface area contributed by atoms with Gasteiger partial charge in [0.2, 0.25) is 5.91 Å². The Balaban J connectivity index is 1.97. The number of hydrogen-bond donors (Lipinski definition) is 1. The quantitative estimate of drug-likeness (QED) is 0.799. The van der Waals surface area contributed by atoms with Crippen LogP contribution < -0.4 is 5.73 Å². The van der Waals surface area contributed by atoms with Crippen molar-refractivity contribution in [3.8, 4) is 0 Å². The standard InChI is InChI=1S/C9H11ClN4O/c10-8-2-1-6(12-13-8)5-14-4-3-7(14)9(11)15/h1-2,7H,3-5H2,(H2,11,15). The number of carbonyl (C=O) groups is 1. The molecule has 15 heavy (non-hydrogen) atoms. The predicted molar refractivity (Wildman–Crippen MR) is 55.1 cm³/mol. The van der Waals surface area contributed by atoms with Gasteiger partial charge in [0.05, 0.1) is 11.7 Å². The largest absolute Gasteiger partial charge is 0.368 e. The minimum Gasteiger partial charge on any atom is -0.368 e. The minimum absolute atomic E-state index is 0.150. The number of nitrogens with zero attached hydrogens (tertiary/aromatic N) is 3. The molecule has 0 radical (unpaired) electrons. The maximum absolute atomic E-state index is 11.0. The molecule has 5 nitrogen and oxygen atoms in total. The van der Waals surface area contributed by atoms with E-state index >= 15 is 0 Å². The number of aromatic nitrogens is 2. The molecule has 2 N–H and O–H groups in total. The number of amides is 1. The minimum atomic E-state index is -0.275. The van der Waals surface area contributed by atoms with Crippen LogP contribution in [0.3, 0.4) is 0 Å². The molecule has 1 aromatic heterocycles. The van der Waals surface area contributed by atoms with Crippen molar-refractivity contribution in [1.82, 2.24) is 15.1 Å². The fourth-order valence-electron chi connectivity index (χ4n) is 1.59. The van der Waals surface area contributed by atoms with E-state index in [0.717, 1.165) is 18.7 Å². The molecular weight excluding hydrogens is 216 g/mol. The third kappa shape index (κ3) is 2.24. The van der Waals surface area contributed by atoms with Gasteiger partial charge < -0.3 is 5.73 Å². The first-order valence-corrected chi connectivity index (χ1v) is 5.06. The molecule has 0 spiro atoms. The van der Waals surface area contributed by atoms with Crippen LogP contribution in [0, 0.1) is 0 Å². The average molecular weight is 227 g/mol. The SMILES string of the molecule is NC(=O)C1CCN1Cc1ccc(Cl)nn1. The van der Waals surface area contributed by atoms with Gasteiger partial charge in [-0.15, -0.1) is 5.10 Å². The lowest BCUT2D eigenvalue weighted by Crippen LogP contribution is -2.54. The van der Waals surface area contributed by atoms with Crippen molar-refractivity contribution in [3.63, 3.8) is 0 Å². The van der Waals surface area contributed by atoms with Crippen molar-refractivity contribution in [1.29, 1.82) is 0 Å². The van der Waals surface area contributed by atoms with E-state index in [1.54, 1.807) is 12.1 Å². The highest BCUT2D eigenvalue weighted by molar-refractivity contribution is 6.29. The molecule has 1 aromatic rings. The fraction of sp³-hybridized carbons (Fsp3) is 0.444. The Morgan fingerprint density at radius 2 is 2.40 bits per heavy atom. The van der Waals surface area contributed by atoms with Gasteiger partial charge in [0, 0.05) is 13.1 Å². The second kappa shape index (κ2) is 4.12. The molecule has 0 aliphatic carbocycles. The van der Waals surface area contributed by atoms with E-state index in [1.165, 1.54) is 0 Å². The molecule has 1 aliphatic heterocycles. The van der Waals surface area contributed by atoms with Gasteiger partial charge in [-0.2, -0.15) is 5.10 Å². The molecule has 80 valence electrons. The van der Waals surface area contributed by atoms with Crippen LogP contribution in [-0.4, -0.2) is 33.6 Å². The Hall–Kier alpha value is -1.20. The van der Waals surface area contributed by atoms with Crippen molar-refractivity contribution in [2.75, 3.05) is 6.54 Å². The zero-order valence-corrected chi connectivity index (χ0v) is 8.81. The van der Waals surface area contributed by atoms with Crippen molar-refractivity contribution in [2.45, 2.75) is 19.0 Å². The number of halogens is 1. The predicted octanol–water partition coefficient (Wildman–Crippen LogP) is 0.190. The van der Waals surface area contributed by atoms with E-state index < -0.39 is 0 Å². The summed E-state index contributed by atoms with van der Waals surface area (Å²) in [7, 11) is 0. The van der Waals surface area contributed by atoms with E-state index in [4.69, 9.17) is 17.3 Å². The van der Waals surface area contributed by atoms with Gasteiger partial charge in [-0.25, -0.2) is 0 Å².